The number of amides is 3. The Morgan fingerprint density at radius 3 is 2.21 bits per heavy atom. The predicted molar refractivity (Wildman–Crippen MR) is 160 cm³/mol. The quantitative estimate of drug-likeness (QED) is 0.246. The molecule has 1 unspecified atom stereocenters. The number of rotatable bonds is 10. The van der Waals surface area contributed by atoms with Crippen molar-refractivity contribution in [2.75, 3.05) is 13.1 Å². The van der Waals surface area contributed by atoms with Gasteiger partial charge in [0.05, 0.1) is 4.90 Å². The minimum Gasteiger partial charge on any atom is -0.352 e. The van der Waals surface area contributed by atoms with Crippen LogP contribution in [0.4, 0.5) is 4.39 Å². The average molecular weight is 594 g/mol. The summed E-state index contributed by atoms with van der Waals surface area (Å²) >= 11 is -2.07. The van der Waals surface area contributed by atoms with E-state index in [2.05, 4.69) is 16.0 Å². The maximum absolute atomic E-state index is 15.1. The first kappa shape index (κ1) is 31.1. The first-order valence-corrected chi connectivity index (χ1v) is 14.9. The molecule has 1 atom stereocenters. The van der Waals surface area contributed by atoms with Crippen molar-refractivity contribution in [3.63, 3.8) is 0 Å². The molecule has 0 aromatic heterocycles. The number of carbonyl (C=O) groups is 3. The van der Waals surface area contributed by atoms with E-state index in [-0.39, 0.29) is 57.0 Å². The summed E-state index contributed by atoms with van der Waals surface area (Å²) in [5.74, 6) is -1.75. The number of hydrogen-bond acceptors (Lipinski definition) is 4. The van der Waals surface area contributed by atoms with Gasteiger partial charge in [-0.3, -0.25) is 14.4 Å². The van der Waals surface area contributed by atoms with E-state index < -0.39 is 22.8 Å². The van der Waals surface area contributed by atoms with Gasteiger partial charge < -0.3 is 20.5 Å². The lowest BCUT2D eigenvalue weighted by molar-refractivity contribution is 0.0935. The molecular formula is C32H36FN3O5S. The van der Waals surface area contributed by atoms with Crippen molar-refractivity contribution < 1.29 is 27.5 Å². The Balaban J connectivity index is 1.64. The Kier molecular flexibility index (Phi) is 9.58. The first-order chi connectivity index (χ1) is 19.8. The van der Waals surface area contributed by atoms with Crippen LogP contribution in [0.2, 0.25) is 0 Å². The third kappa shape index (κ3) is 8.10. The Labute approximate surface area is 247 Å². The zero-order valence-corrected chi connectivity index (χ0v) is 25.0. The zero-order chi connectivity index (χ0) is 30.6. The fraction of sp³-hybridized carbons (Fsp3) is 0.344. The summed E-state index contributed by atoms with van der Waals surface area (Å²) in [6.07, 6.45) is 2.23. The van der Waals surface area contributed by atoms with Gasteiger partial charge in [0.1, 0.15) is 5.82 Å². The van der Waals surface area contributed by atoms with Gasteiger partial charge in [0.2, 0.25) is 0 Å². The molecule has 1 aliphatic rings. The summed E-state index contributed by atoms with van der Waals surface area (Å²) in [5, 5.41) is 8.62. The number of nitrogens with one attached hydrogen (secondary N) is 3. The molecule has 4 N–H and O–H groups in total. The first-order valence-electron chi connectivity index (χ1n) is 13.8. The largest absolute Gasteiger partial charge is 0.352 e. The summed E-state index contributed by atoms with van der Waals surface area (Å²) in [6, 6.07) is 14.1. The smallest absolute Gasteiger partial charge is 0.251 e. The number of benzene rings is 3. The fourth-order valence-electron chi connectivity index (χ4n) is 4.33. The van der Waals surface area contributed by atoms with Crippen molar-refractivity contribution >= 4 is 28.8 Å². The van der Waals surface area contributed by atoms with Gasteiger partial charge in [-0.1, -0.05) is 39.0 Å². The average Bonchev–Trinajstić information content (AvgIpc) is 3.76. The minimum absolute atomic E-state index is 0.0968. The van der Waals surface area contributed by atoms with Crippen LogP contribution in [-0.2, 0) is 17.5 Å². The molecule has 222 valence electrons. The standard InChI is InChI=1S/C32H36FN3O5S/c1-19-26(16-22(17-28(19)33)30(38)36-23-8-9-23)25-12-7-21(29(37)35-18-32(2,3)4)15-27(25)31(39)34-14-13-20-5-10-24(11-6-20)42(40)41/h5-7,10-12,15-17,23H,8-9,13-14,18H2,1-4H3,(H,34,39)(H,35,37)(H,36,38)(H,40,41). The van der Waals surface area contributed by atoms with E-state index >= 15 is 4.39 Å². The molecule has 1 saturated carbocycles. The van der Waals surface area contributed by atoms with Gasteiger partial charge in [-0.2, -0.15) is 0 Å². The molecule has 0 spiro atoms. The number of hydrogen-bond donors (Lipinski definition) is 4. The highest BCUT2D eigenvalue weighted by molar-refractivity contribution is 7.79. The Bertz CT molecular complexity index is 1530. The molecule has 0 radical (unpaired) electrons. The van der Waals surface area contributed by atoms with Gasteiger partial charge in [0.15, 0.2) is 11.1 Å². The van der Waals surface area contributed by atoms with Crippen LogP contribution in [0.25, 0.3) is 11.1 Å². The van der Waals surface area contributed by atoms with Crippen molar-refractivity contribution in [2.45, 2.75) is 57.9 Å². The summed E-state index contributed by atoms with van der Waals surface area (Å²) in [5.41, 5.74) is 2.38. The Morgan fingerprint density at radius 1 is 0.905 bits per heavy atom. The summed E-state index contributed by atoms with van der Waals surface area (Å²) in [6.45, 7) is 8.25. The van der Waals surface area contributed by atoms with Crippen LogP contribution in [0.3, 0.4) is 0 Å². The topological polar surface area (TPSA) is 125 Å². The van der Waals surface area contributed by atoms with E-state index in [1.807, 2.05) is 20.8 Å². The maximum atomic E-state index is 15.1. The van der Waals surface area contributed by atoms with Crippen LogP contribution in [0.1, 0.15) is 75.8 Å². The van der Waals surface area contributed by atoms with E-state index in [0.717, 1.165) is 18.4 Å². The van der Waals surface area contributed by atoms with Crippen LogP contribution in [0, 0.1) is 18.2 Å². The number of carbonyl (C=O) groups excluding carboxylic acids is 3. The van der Waals surface area contributed by atoms with E-state index in [4.69, 9.17) is 0 Å². The second-order valence-corrected chi connectivity index (χ2v) is 12.8. The van der Waals surface area contributed by atoms with E-state index in [1.54, 1.807) is 49.4 Å². The van der Waals surface area contributed by atoms with Gasteiger partial charge in [0, 0.05) is 35.8 Å². The van der Waals surface area contributed by atoms with Gasteiger partial charge in [-0.15, -0.1) is 0 Å². The van der Waals surface area contributed by atoms with Crippen LogP contribution in [0.5, 0.6) is 0 Å². The third-order valence-corrected chi connectivity index (χ3v) is 7.61. The van der Waals surface area contributed by atoms with Crippen molar-refractivity contribution in [1.29, 1.82) is 0 Å². The molecule has 0 saturated heterocycles. The van der Waals surface area contributed by atoms with Gasteiger partial charge in [-0.25, -0.2) is 8.60 Å². The molecule has 3 aromatic rings. The lowest BCUT2D eigenvalue weighted by atomic mass is 9.91. The van der Waals surface area contributed by atoms with E-state index in [9.17, 15) is 23.1 Å². The van der Waals surface area contributed by atoms with Crippen LogP contribution >= 0.6 is 0 Å². The molecule has 1 fully saturated rings. The molecule has 3 aromatic carbocycles. The van der Waals surface area contributed by atoms with Crippen molar-refractivity contribution in [2.24, 2.45) is 5.41 Å². The second-order valence-electron chi connectivity index (χ2n) is 11.8. The van der Waals surface area contributed by atoms with E-state index in [0.29, 0.717) is 24.1 Å². The molecule has 3 amide bonds. The lowest BCUT2D eigenvalue weighted by Gasteiger charge is -2.19. The highest BCUT2D eigenvalue weighted by Crippen LogP contribution is 2.31. The predicted octanol–water partition coefficient (Wildman–Crippen LogP) is 5.02. The van der Waals surface area contributed by atoms with Crippen LogP contribution < -0.4 is 16.0 Å². The van der Waals surface area contributed by atoms with Crippen molar-refractivity contribution in [3.8, 4) is 11.1 Å². The highest BCUT2D eigenvalue weighted by Gasteiger charge is 2.26. The molecular weight excluding hydrogens is 557 g/mol. The van der Waals surface area contributed by atoms with Crippen LogP contribution in [-0.4, -0.2) is 45.6 Å². The molecule has 8 nitrogen and oxygen atoms in total. The molecule has 4 rings (SSSR count). The van der Waals surface area contributed by atoms with Gasteiger partial charge >= 0.3 is 0 Å². The normalized spacial score (nSPS) is 13.8. The van der Waals surface area contributed by atoms with Crippen LogP contribution in [0.15, 0.2) is 59.5 Å². The summed E-state index contributed by atoms with van der Waals surface area (Å²) in [7, 11) is 0. The van der Waals surface area contributed by atoms with E-state index in [1.165, 1.54) is 12.1 Å². The molecule has 0 bridgehead atoms. The Morgan fingerprint density at radius 2 is 1.60 bits per heavy atom. The molecule has 0 aliphatic heterocycles. The molecule has 42 heavy (non-hydrogen) atoms. The zero-order valence-electron chi connectivity index (χ0n) is 24.2. The summed E-state index contributed by atoms with van der Waals surface area (Å²) < 4.78 is 35.5. The molecule has 1 aliphatic carbocycles. The maximum Gasteiger partial charge on any atom is 0.251 e. The van der Waals surface area contributed by atoms with Gasteiger partial charge in [0.25, 0.3) is 17.7 Å². The molecule has 0 heterocycles. The minimum atomic E-state index is -2.07. The third-order valence-electron chi connectivity index (χ3n) is 6.94. The molecule has 10 heteroatoms. The Hall–Kier alpha value is -3.89. The fourth-order valence-corrected chi connectivity index (χ4v) is 4.70. The van der Waals surface area contributed by atoms with Crippen molar-refractivity contribution in [1.82, 2.24) is 16.0 Å². The lowest BCUT2D eigenvalue weighted by Crippen LogP contribution is -2.32. The number of halogens is 1. The SMILES string of the molecule is Cc1c(F)cc(C(=O)NC2CC2)cc1-c1ccc(C(=O)NCC(C)(C)C)cc1C(=O)NCCc1ccc(S(=O)O)cc1. The monoisotopic (exact) mass is 593 g/mol. The summed E-state index contributed by atoms with van der Waals surface area (Å²) in [4.78, 5) is 39.5. The second kappa shape index (κ2) is 13.0. The highest BCUT2D eigenvalue weighted by atomic mass is 32.2. The van der Waals surface area contributed by atoms with Crippen molar-refractivity contribution in [3.05, 3.63) is 88.2 Å². The van der Waals surface area contributed by atoms with Gasteiger partial charge in [-0.05, 0) is 90.3 Å².